The summed E-state index contributed by atoms with van der Waals surface area (Å²) < 4.78 is 0. The van der Waals surface area contributed by atoms with Gasteiger partial charge in [0.1, 0.15) is 0 Å². The maximum Gasteiger partial charge on any atom is 0.303 e. The normalized spacial score (nSPS) is 16.6. The minimum atomic E-state index is -0.729. The molecule has 2 heterocycles. The molecule has 1 amide bonds. The molecule has 1 saturated heterocycles. The Morgan fingerprint density at radius 2 is 2.05 bits per heavy atom. The highest BCUT2D eigenvalue weighted by Gasteiger charge is 2.24. The van der Waals surface area contributed by atoms with Crippen molar-refractivity contribution in [1.29, 1.82) is 0 Å². The van der Waals surface area contributed by atoms with Crippen LogP contribution in [0.15, 0.2) is 10.8 Å². The maximum absolute atomic E-state index is 12.3. The van der Waals surface area contributed by atoms with Crippen molar-refractivity contribution in [2.24, 2.45) is 5.92 Å². The van der Waals surface area contributed by atoms with E-state index in [1.807, 2.05) is 22.6 Å². The average Bonchev–Trinajstić information content (AvgIpc) is 2.82. The van der Waals surface area contributed by atoms with Gasteiger partial charge in [0.2, 0.25) is 0 Å². The summed E-state index contributed by atoms with van der Waals surface area (Å²) in [4.78, 5) is 24.7. The number of hydrogen-bond acceptors (Lipinski definition) is 3. The third-order valence-corrected chi connectivity index (χ3v) is 4.62. The van der Waals surface area contributed by atoms with Crippen LogP contribution in [0, 0.1) is 12.8 Å². The van der Waals surface area contributed by atoms with E-state index in [1.54, 1.807) is 11.3 Å². The number of carboxylic acid groups (broad SMARTS) is 1. The second-order valence-electron chi connectivity index (χ2n) is 5.14. The van der Waals surface area contributed by atoms with Crippen LogP contribution in [0.3, 0.4) is 0 Å². The average molecular weight is 281 g/mol. The first-order valence-corrected chi connectivity index (χ1v) is 7.56. The molecular formula is C14H19NO3S. The highest BCUT2D eigenvalue weighted by atomic mass is 32.1. The number of carbonyl (C=O) groups excluding carboxylic acids is 1. The number of rotatable bonds is 4. The minimum absolute atomic E-state index is 0.121. The third-order valence-electron chi connectivity index (χ3n) is 3.75. The molecular weight excluding hydrogens is 262 g/mol. The van der Waals surface area contributed by atoms with Gasteiger partial charge in [-0.05, 0) is 43.0 Å². The van der Waals surface area contributed by atoms with Gasteiger partial charge >= 0.3 is 5.97 Å². The predicted octanol–water partition coefficient (Wildman–Crippen LogP) is 2.77. The summed E-state index contributed by atoms with van der Waals surface area (Å²) in [5.74, 6) is -0.161. The van der Waals surface area contributed by atoms with Crippen molar-refractivity contribution in [1.82, 2.24) is 4.90 Å². The first-order chi connectivity index (χ1) is 9.08. The number of carboxylic acids is 1. The summed E-state index contributed by atoms with van der Waals surface area (Å²) in [7, 11) is 0. The highest BCUT2D eigenvalue weighted by Crippen LogP contribution is 2.24. The van der Waals surface area contributed by atoms with Gasteiger partial charge in [0.05, 0.1) is 5.56 Å². The Kier molecular flexibility index (Phi) is 4.58. The van der Waals surface area contributed by atoms with Crippen LogP contribution in [0.2, 0.25) is 0 Å². The molecule has 4 nitrogen and oxygen atoms in total. The molecule has 0 atom stereocenters. The fourth-order valence-electron chi connectivity index (χ4n) is 2.50. The van der Waals surface area contributed by atoms with Crippen molar-refractivity contribution in [2.45, 2.75) is 32.6 Å². The largest absolute Gasteiger partial charge is 0.481 e. The van der Waals surface area contributed by atoms with Crippen LogP contribution in [-0.4, -0.2) is 35.0 Å². The fourth-order valence-corrected chi connectivity index (χ4v) is 3.32. The molecule has 0 radical (unpaired) electrons. The van der Waals surface area contributed by atoms with Crippen LogP contribution >= 0.6 is 11.3 Å². The molecule has 1 aromatic heterocycles. The van der Waals surface area contributed by atoms with Gasteiger partial charge in [-0.3, -0.25) is 9.59 Å². The molecule has 0 saturated carbocycles. The molecule has 5 heteroatoms. The smallest absolute Gasteiger partial charge is 0.303 e. The first kappa shape index (κ1) is 14.1. The van der Waals surface area contributed by atoms with Gasteiger partial charge in [0.15, 0.2) is 0 Å². The third kappa shape index (κ3) is 3.56. The standard InChI is InChI=1S/C14H19NO3S/c1-10-8-19-9-12(10)14(18)15-6-4-11(5-7-15)2-3-13(16)17/h8-9,11H,2-7H2,1H3,(H,16,17). The van der Waals surface area contributed by atoms with Crippen LogP contribution in [-0.2, 0) is 4.79 Å². The van der Waals surface area contributed by atoms with E-state index in [0.29, 0.717) is 5.92 Å². The van der Waals surface area contributed by atoms with Crippen molar-refractivity contribution in [3.05, 3.63) is 21.9 Å². The topological polar surface area (TPSA) is 57.6 Å². The Balaban J connectivity index is 1.85. The van der Waals surface area contributed by atoms with E-state index in [-0.39, 0.29) is 12.3 Å². The van der Waals surface area contributed by atoms with Crippen molar-refractivity contribution < 1.29 is 14.7 Å². The van der Waals surface area contributed by atoms with Crippen molar-refractivity contribution >= 4 is 23.2 Å². The van der Waals surface area contributed by atoms with Crippen LogP contribution in [0.25, 0.3) is 0 Å². The zero-order chi connectivity index (χ0) is 13.8. The van der Waals surface area contributed by atoms with Gasteiger partial charge < -0.3 is 10.0 Å². The summed E-state index contributed by atoms with van der Waals surface area (Å²) in [6, 6.07) is 0. The molecule has 2 rings (SSSR count). The van der Waals surface area contributed by atoms with Gasteiger partial charge in [-0.2, -0.15) is 11.3 Å². The van der Waals surface area contributed by atoms with Gasteiger partial charge in [-0.1, -0.05) is 0 Å². The summed E-state index contributed by atoms with van der Waals surface area (Å²) in [6.07, 6.45) is 2.81. The molecule has 1 N–H and O–H groups in total. The molecule has 0 spiro atoms. The molecule has 0 unspecified atom stereocenters. The van der Waals surface area contributed by atoms with Crippen LogP contribution < -0.4 is 0 Å². The number of thiophene rings is 1. The lowest BCUT2D eigenvalue weighted by atomic mass is 9.92. The number of amides is 1. The van der Waals surface area contributed by atoms with Gasteiger partial charge in [0.25, 0.3) is 5.91 Å². The second-order valence-corrected chi connectivity index (χ2v) is 5.88. The van der Waals surface area contributed by atoms with E-state index < -0.39 is 5.97 Å². The van der Waals surface area contributed by atoms with Crippen molar-refractivity contribution in [3.8, 4) is 0 Å². The van der Waals surface area contributed by atoms with Gasteiger partial charge in [-0.15, -0.1) is 0 Å². The van der Waals surface area contributed by atoms with E-state index in [9.17, 15) is 9.59 Å². The number of aryl methyl sites for hydroxylation is 1. The molecule has 0 bridgehead atoms. The number of piperidine rings is 1. The fraction of sp³-hybridized carbons (Fsp3) is 0.571. The second kappa shape index (κ2) is 6.19. The Morgan fingerprint density at radius 1 is 1.37 bits per heavy atom. The van der Waals surface area contributed by atoms with E-state index >= 15 is 0 Å². The quantitative estimate of drug-likeness (QED) is 0.923. The maximum atomic E-state index is 12.3. The lowest BCUT2D eigenvalue weighted by Crippen LogP contribution is -2.38. The molecule has 1 aliphatic heterocycles. The zero-order valence-corrected chi connectivity index (χ0v) is 11.9. The van der Waals surface area contributed by atoms with Crippen LogP contribution in [0.5, 0.6) is 0 Å². The predicted molar refractivity (Wildman–Crippen MR) is 74.6 cm³/mol. The van der Waals surface area contributed by atoms with E-state index in [1.165, 1.54) is 0 Å². The molecule has 19 heavy (non-hydrogen) atoms. The monoisotopic (exact) mass is 281 g/mol. The van der Waals surface area contributed by atoms with E-state index in [2.05, 4.69) is 0 Å². The Bertz CT molecular complexity index is 461. The summed E-state index contributed by atoms with van der Waals surface area (Å²) >= 11 is 1.56. The number of likely N-dealkylation sites (tertiary alicyclic amines) is 1. The van der Waals surface area contributed by atoms with Crippen molar-refractivity contribution in [3.63, 3.8) is 0 Å². The van der Waals surface area contributed by atoms with Crippen LogP contribution in [0.4, 0.5) is 0 Å². The van der Waals surface area contributed by atoms with Gasteiger partial charge in [-0.25, -0.2) is 0 Å². The number of hydrogen-bond donors (Lipinski definition) is 1. The number of carbonyl (C=O) groups is 2. The summed E-state index contributed by atoms with van der Waals surface area (Å²) in [5, 5.41) is 12.6. The lowest BCUT2D eigenvalue weighted by molar-refractivity contribution is -0.137. The number of aliphatic carboxylic acids is 1. The lowest BCUT2D eigenvalue weighted by Gasteiger charge is -2.31. The molecule has 0 aliphatic carbocycles. The Hall–Kier alpha value is -1.36. The highest BCUT2D eigenvalue weighted by molar-refractivity contribution is 7.08. The molecule has 104 valence electrons. The van der Waals surface area contributed by atoms with E-state index in [0.717, 1.165) is 43.5 Å². The molecule has 1 aromatic rings. The first-order valence-electron chi connectivity index (χ1n) is 6.61. The SMILES string of the molecule is Cc1cscc1C(=O)N1CCC(CCC(=O)O)CC1. The van der Waals surface area contributed by atoms with E-state index in [4.69, 9.17) is 5.11 Å². The summed E-state index contributed by atoms with van der Waals surface area (Å²) in [6.45, 7) is 3.46. The Labute approximate surface area is 117 Å². The number of nitrogens with zero attached hydrogens (tertiary/aromatic N) is 1. The van der Waals surface area contributed by atoms with Gasteiger partial charge in [0, 0.05) is 24.9 Å². The van der Waals surface area contributed by atoms with Crippen LogP contribution in [0.1, 0.15) is 41.6 Å². The summed E-state index contributed by atoms with van der Waals surface area (Å²) in [5.41, 5.74) is 1.86. The molecule has 1 fully saturated rings. The molecule has 1 aliphatic rings. The van der Waals surface area contributed by atoms with Crippen molar-refractivity contribution in [2.75, 3.05) is 13.1 Å². The minimum Gasteiger partial charge on any atom is -0.481 e. The molecule has 0 aromatic carbocycles. The zero-order valence-electron chi connectivity index (χ0n) is 11.1. The Morgan fingerprint density at radius 3 is 2.58 bits per heavy atom.